The maximum Gasteiger partial charge on any atom is 0.268 e. The monoisotopic (exact) mass is 464 g/mol. The van der Waals surface area contributed by atoms with Gasteiger partial charge in [0.25, 0.3) is 5.91 Å². The molecule has 1 amide bonds. The topological polar surface area (TPSA) is 52.5 Å². The van der Waals surface area contributed by atoms with Crippen LogP contribution in [0.15, 0.2) is 48.5 Å². The second-order valence-corrected chi connectivity index (χ2v) is 6.83. The minimum Gasteiger partial charge on any atom is -0.496 e. The molecule has 0 aliphatic carbocycles. The van der Waals surface area contributed by atoms with E-state index in [1.807, 2.05) is 60.0 Å². The van der Waals surface area contributed by atoms with Crippen LogP contribution in [0.5, 0.6) is 5.75 Å². The number of fused-ring (bicyclic) bond motifs is 1. The second kappa shape index (κ2) is 8.55. The number of nitrogens with zero attached hydrogens (tertiary/aromatic N) is 1. The first kappa shape index (κ1) is 18.7. The van der Waals surface area contributed by atoms with Gasteiger partial charge < -0.3 is 19.4 Å². The molecule has 2 aromatic carbocycles. The Morgan fingerprint density at radius 1 is 1.19 bits per heavy atom. The van der Waals surface area contributed by atoms with Crippen molar-refractivity contribution in [2.75, 3.05) is 13.7 Å². The Morgan fingerprint density at radius 3 is 2.77 bits per heavy atom. The highest BCUT2D eigenvalue weighted by atomic mass is 127. The fourth-order valence-corrected chi connectivity index (χ4v) is 3.61. The molecule has 0 radical (unpaired) electrons. The molecule has 0 saturated heterocycles. The summed E-state index contributed by atoms with van der Waals surface area (Å²) in [5, 5.41) is 4.03. The number of rotatable bonds is 7. The molecule has 26 heavy (non-hydrogen) atoms. The van der Waals surface area contributed by atoms with Crippen LogP contribution in [-0.4, -0.2) is 24.2 Å². The standard InChI is InChI=1S/C20H21IN2O3/c1-3-26-13-23-16-9-5-4-7-14(16)11-17(23)20(24)22-12-15-8-6-10-18(25-2)19(15)21/h4-11H,3,12-13H2,1-2H3,(H,22,24). The molecule has 0 fully saturated rings. The second-order valence-electron chi connectivity index (χ2n) is 5.75. The zero-order valence-corrected chi connectivity index (χ0v) is 16.9. The molecule has 0 atom stereocenters. The molecule has 3 aromatic rings. The lowest BCUT2D eigenvalue weighted by Crippen LogP contribution is -2.26. The summed E-state index contributed by atoms with van der Waals surface area (Å²) in [6, 6.07) is 15.6. The minimum atomic E-state index is -0.125. The molecule has 136 valence electrons. The van der Waals surface area contributed by atoms with E-state index in [4.69, 9.17) is 9.47 Å². The number of hydrogen-bond acceptors (Lipinski definition) is 3. The van der Waals surface area contributed by atoms with Gasteiger partial charge in [0.2, 0.25) is 0 Å². The summed E-state index contributed by atoms with van der Waals surface area (Å²) in [4.78, 5) is 12.8. The van der Waals surface area contributed by atoms with Crippen molar-refractivity contribution in [2.45, 2.75) is 20.2 Å². The highest BCUT2D eigenvalue weighted by molar-refractivity contribution is 14.1. The van der Waals surface area contributed by atoms with E-state index in [1.165, 1.54) is 0 Å². The smallest absolute Gasteiger partial charge is 0.268 e. The average molecular weight is 464 g/mol. The van der Waals surface area contributed by atoms with Gasteiger partial charge in [0.1, 0.15) is 18.2 Å². The molecule has 0 saturated carbocycles. The van der Waals surface area contributed by atoms with E-state index >= 15 is 0 Å². The van der Waals surface area contributed by atoms with Gasteiger partial charge in [0.05, 0.1) is 16.2 Å². The molecule has 5 nitrogen and oxygen atoms in total. The molecule has 0 aliphatic heterocycles. The van der Waals surface area contributed by atoms with Gasteiger partial charge in [-0.05, 0) is 53.3 Å². The third-order valence-electron chi connectivity index (χ3n) is 4.17. The summed E-state index contributed by atoms with van der Waals surface area (Å²) in [5.74, 6) is 0.683. The average Bonchev–Trinajstić information content (AvgIpc) is 3.04. The summed E-state index contributed by atoms with van der Waals surface area (Å²) >= 11 is 2.24. The lowest BCUT2D eigenvalue weighted by Gasteiger charge is -2.12. The minimum absolute atomic E-state index is 0.125. The third kappa shape index (κ3) is 3.86. The van der Waals surface area contributed by atoms with Gasteiger partial charge in [-0.3, -0.25) is 4.79 Å². The molecule has 0 aliphatic rings. The largest absolute Gasteiger partial charge is 0.496 e. The van der Waals surface area contributed by atoms with Crippen LogP contribution in [0.25, 0.3) is 10.9 Å². The summed E-state index contributed by atoms with van der Waals surface area (Å²) in [6.45, 7) is 3.32. The van der Waals surface area contributed by atoms with E-state index in [-0.39, 0.29) is 5.91 Å². The van der Waals surface area contributed by atoms with E-state index in [0.717, 1.165) is 25.8 Å². The Bertz CT molecular complexity index is 921. The Balaban J connectivity index is 1.84. The molecule has 6 heteroatoms. The van der Waals surface area contributed by atoms with Crippen LogP contribution in [0.2, 0.25) is 0 Å². The number of hydrogen-bond donors (Lipinski definition) is 1. The predicted molar refractivity (Wildman–Crippen MR) is 110 cm³/mol. The van der Waals surface area contributed by atoms with Crippen molar-refractivity contribution in [1.82, 2.24) is 9.88 Å². The van der Waals surface area contributed by atoms with Crippen LogP contribution in [-0.2, 0) is 18.0 Å². The van der Waals surface area contributed by atoms with Crippen molar-refractivity contribution < 1.29 is 14.3 Å². The van der Waals surface area contributed by atoms with Gasteiger partial charge >= 0.3 is 0 Å². The van der Waals surface area contributed by atoms with E-state index in [0.29, 0.717) is 25.6 Å². The Labute approximate surface area is 166 Å². The molecule has 1 heterocycles. The lowest BCUT2D eigenvalue weighted by atomic mass is 10.2. The van der Waals surface area contributed by atoms with Crippen LogP contribution in [0.1, 0.15) is 23.0 Å². The number of carbonyl (C=O) groups is 1. The van der Waals surface area contributed by atoms with Gasteiger partial charge in [0.15, 0.2) is 0 Å². The van der Waals surface area contributed by atoms with E-state index < -0.39 is 0 Å². The molecular formula is C20H21IN2O3. The van der Waals surface area contributed by atoms with Gasteiger partial charge in [-0.1, -0.05) is 30.3 Å². The number of halogens is 1. The van der Waals surface area contributed by atoms with Crippen molar-refractivity contribution >= 4 is 39.4 Å². The number of carbonyl (C=O) groups excluding carboxylic acids is 1. The summed E-state index contributed by atoms with van der Waals surface area (Å²) in [5.41, 5.74) is 2.60. The molecule has 1 N–H and O–H groups in total. The quantitative estimate of drug-likeness (QED) is 0.534. The Morgan fingerprint density at radius 2 is 2.00 bits per heavy atom. The van der Waals surface area contributed by atoms with Gasteiger partial charge in [0, 0.05) is 18.5 Å². The highest BCUT2D eigenvalue weighted by Gasteiger charge is 2.16. The summed E-state index contributed by atoms with van der Waals surface area (Å²) < 4.78 is 13.8. The fourth-order valence-electron chi connectivity index (χ4n) is 2.84. The van der Waals surface area contributed by atoms with Gasteiger partial charge in [-0.15, -0.1) is 0 Å². The van der Waals surface area contributed by atoms with Crippen LogP contribution < -0.4 is 10.1 Å². The first-order valence-corrected chi connectivity index (χ1v) is 9.49. The summed E-state index contributed by atoms with van der Waals surface area (Å²) in [7, 11) is 1.64. The van der Waals surface area contributed by atoms with Crippen LogP contribution in [0, 0.1) is 3.57 Å². The predicted octanol–water partition coefficient (Wildman–Crippen LogP) is 4.18. The van der Waals surface area contributed by atoms with Crippen LogP contribution >= 0.6 is 22.6 Å². The van der Waals surface area contributed by atoms with Crippen molar-refractivity contribution in [3.05, 3.63) is 63.4 Å². The molecule has 0 bridgehead atoms. The number of para-hydroxylation sites is 1. The zero-order valence-electron chi connectivity index (χ0n) is 14.8. The van der Waals surface area contributed by atoms with Crippen molar-refractivity contribution in [2.24, 2.45) is 0 Å². The Hall–Kier alpha value is -2.06. The molecular weight excluding hydrogens is 443 g/mol. The number of methoxy groups -OCH3 is 1. The van der Waals surface area contributed by atoms with Crippen molar-refractivity contribution in [3.63, 3.8) is 0 Å². The van der Waals surface area contributed by atoms with Gasteiger partial charge in [-0.2, -0.15) is 0 Å². The van der Waals surface area contributed by atoms with E-state index in [1.54, 1.807) is 7.11 Å². The molecule has 3 rings (SSSR count). The highest BCUT2D eigenvalue weighted by Crippen LogP contribution is 2.24. The lowest BCUT2D eigenvalue weighted by molar-refractivity contribution is 0.0814. The number of nitrogens with one attached hydrogen (secondary N) is 1. The molecule has 1 aromatic heterocycles. The van der Waals surface area contributed by atoms with Crippen LogP contribution in [0.4, 0.5) is 0 Å². The number of amides is 1. The first-order valence-electron chi connectivity index (χ1n) is 8.41. The SMILES string of the molecule is CCOCn1c(C(=O)NCc2cccc(OC)c2I)cc2ccccc21. The van der Waals surface area contributed by atoms with Crippen molar-refractivity contribution in [3.8, 4) is 5.75 Å². The normalized spacial score (nSPS) is 10.9. The third-order valence-corrected chi connectivity index (χ3v) is 5.39. The fraction of sp³-hybridized carbons (Fsp3) is 0.250. The van der Waals surface area contributed by atoms with E-state index in [9.17, 15) is 4.79 Å². The number of benzene rings is 2. The zero-order chi connectivity index (χ0) is 18.5. The maximum absolute atomic E-state index is 12.8. The first-order chi connectivity index (χ1) is 12.7. The maximum atomic E-state index is 12.8. The van der Waals surface area contributed by atoms with Crippen LogP contribution in [0.3, 0.4) is 0 Å². The number of aromatic nitrogens is 1. The molecule has 0 unspecified atom stereocenters. The van der Waals surface area contributed by atoms with E-state index in [2.05, 4.69) is 27.9 Å². The Kier molecular flexibility index (Phi) is 6.16. The van der Waals surface area contributed by atoms with Gasteiger partial charge in [-0.25, -0.2) is 0 Å². The summed E-state index contributed by atoms with van der Waals surface area (Å²) in [6.07, 6.45) is 0. The number of ether oxygens (including phenoxy) is 2. The molecule has 0 spiro atoms. The van der Waals surface area contributed by atoms with Crippen molar-refractivity contribution in [1.29, 1.82) is 0 Å².